The summed E-state index contributed by atoms with van der Waals surface area (Å²) in [4.78, 5) is 21.4. The van der Waals surface area contributed by atoms with Crippen molar-refractivity contribution < 1.29 is 14.5 Å². The van der Waals surface area contributed by atoms with E-state index < -0.39 is 23.4 Å². The first kappa shape index (κ1) is 14.7. The summed E-state index contributed by atoms with van der Waals surface area (Å²) in [6.45, 7) is -0.392. The molecule has 1 rings (SSSR count). The molecule has 1 aromatic rings. The topological polar surface area (TPSA) is 69.4 Å². The van der Waals surface area contributed by atoms with Crippen LogP contribution in [0.15, 0.2) is 18.2 Å². The molecule has 0 saturated heterocycles. The van der Waals surface area contributed by atoms with Crippen molar-refractivity contribution in [3.8, 4) is 0 Å². The molecule has 0 amide bonds. The number of hydrogen-bond donors (Lipinski definition) is 0. The lowest BCUT2D eigenvalue weighted by molar-refractivity contribution is -0.483. The van der Waals surface area contributed by atoms with Crippen molar-refractivity contribution >= 4 is 29.2 Å². The average Bonchev–Trinajstić information content (AvgIpc) is 2.27. The van der Waals surface area contributed by atoms with Crippen LogP contribution in [-0.4, -0.2) is 24.5 Å². The van der Waals surface area contributed by atoms with Crippen LogP contribution < -0.4 is 0 Å². The Morgan fingerprint density at radius 1 is 1.50 bits per heavy atom. The van der Waals surface area contributed by atoms with Crippen LogP contribution >= 0.6 is 23.2 Å². The van der Waals surface area contributed by atoms with Crippen LogP contribution in [0.3, 0.4) is 0 Å². The van der Waals surface area contributed by atoms with Crippen molar-refractivity contribution in [1.82, 2.24) is 0 Å². The zero-order valence-electron chi connectivity index (χ0n) is 9.56. The van der Waals surface area contributed by atoms with Gasteiger partial charge in [-0.3, -0.25) is 14.9 Å². The lowest BCUT2D eigenvalue weighted by Gasteiger charge is -2.13. The van der Waals surface area contributed by atoms with Crippen LogP contribution in [0.2, 0.25) is 10.0 Å². The molecule has 0 heterocycles. The fourth-order valence-corrected chi connectivity index (χ4v) is 2.13. The Balaban J connectivity index is 3.00. The maximum absolute atomic E-state index is 11.2. The van der Waals surface area contributed by atoms with Gasteiger partial charge in [0.2, 0.25) is 6.54 Å². The number of halogens is 2. The van der Waals surface area contributed by atoms with Gasteiger partial charge in [0.15, 0.2) is 0 Å². The van der Waals surface area contributed by atoms with E-state index >= 15 is 0 Å². The minimum absolute atomic E-state index is 0.0984. The molecule has 7 heteroatoms. The van der Waals surface area contributed by atoms with Gasteiger partial charge < -0.3 is 4.74 Å². The van der Waals surface area contributed by atoms with E-state index in [4.69, 9.17) is 23.2 Å². The minimum atomic E-state index is -0.628. The summed E-state index contributed by atoms with van der Waals surface area (Å²) in [6, 6.07) is 4.65. The quantitative estimate of drug-likeness (QED) is 0.475. The second-order valence-corrected chi connectivity index (χ2v) is 4.50. The summed E-state index contributed by atoms with van der Waals surface area (Å²) in [7, 11) is 1.23. The van der Waals surface area contributed by atoms with Crippen molar-refractivity contribution in [2.24, 2.45) is 0 Å². The highest BCUT2D eigenvalue weighted by molar-refractivity contribution is 6.35. The van der Waals surface area contributed by atoms with Gasteiger partial charge in [-0.15, -0.1) is 0 Å². The number of benzene rings is 1. The Morgan fingerprint density at radius 2 is 2.17 bits per heavy atom. The fraction of sp³-hybridized carbons (Fsp3) is 0.364. The Morgan fingerprint density at radius 3 is 2.67 bits per heavy atom. The van der Waals surface area contributed by atoms with Crippen LogP contribution in [0.1, 0.15) is 17.9 Å². The second-order valence-electron chi connectivity index (χ2n) is 3.66. The first-order chi connectivity index (χ1) is 8.43. The Hall–Kier alpha value is -1.33. The molecule has 0 fully saturated rings. The third kappa shape index (κ3) is 4.16. The molecule has 0 aliphatic rings. The SMILES string of the molecule is COC(=O)CC(C[N+](=O)[O-])c1ccc(Cl)cc1Cl. The third-order valence-electron chi connectivity index (χ3n) is 2.41. The Kier molecular flexibility index (Phi) is 5.37. The maximum atomic E-state index is 11.2. The number of carbonyl (C=O) groups is 1. The summed E-state index contributed by atoms with van der Waals surface area (Å²) in [6.07, 6.45) is -0.0984. The van der Waals surface area contributed by atoms with Gasteiger partial charge in [0.25, 0.3) is 0 Å². The van der Waals surface area contributed by atoms with Gasteiger partial charge in [0.1, 0.15) is 0 Å². The molecule has 0 aromatic heterocycles. The molecule has 1 atom stereocenters. The zero-order chi connectivity index (χ0) is 13.7. The van der Waals surface area contributed by atoms with Gasteiger partial charge in [-0.05, 0) is 17.7 Å². The molecule has 18 heavy (non-hydrogen) atoms. The molecule has 98 valence electrons. The number of carbonyl (C=O) groups excluding carboxylic acids is 1. The first-order valence-corrected chi connectivity index (χ1v) is 5.83. The summed E-state index contributed by atoms with van der Waals surface area (Å²) in [5, 5.41) is 11.4. The average molecular weight is 292 g/mol. The molecule has 0 aliphatic heterocycles. The number of hydrogen-bond acceptors (Lipinski definition) is 4. The van der Waals surface area contributed by atoms with E-state index in [0.717, 1.165) is 0 Å². The summed E-state index contributed by atoms with van der Waals surface area (Å²) in [5.74, 6) is -1.15. The highest BCUT2D eigenvalue weighted by atomic mass is 35.5. The van der Waals surface area contributed by atoms with Crippen LogP contribution in [0.4, 0.5) is 0 Å². The predicted molar refractivity (Wildman–Crippen MR) is 67.7 cm³/mol. The molecule has 0 bridgehead atoms. The van der Waals surface area contributed by atoms with E-state index in [1.54, 1.807) is 12.1 Å². The van der Waals surface area contributed by atoms with Gasteiger partial charge in [-0.1, -0.05) is 29.3 Å². The first-order valence-electron chi connectivity index (χ1n) is 5.07. The number of nitrogens with zero attached hydrogens (tertiary/aromatic N) is 1. The van der Waals surface area contributed by atoms with Crippen molar-refractivity contribution in [2.45, 2.75) is 12.3 Å². The Bertz CT molecular complexity index is 464. The minimum Gasteiger partial charge on any atom is -0.469 e. The highest BCUT2D eigenvalue weighted by Gasteiger charge is 2.24. The monoisotopic (exact) mass is 291 g/mol. The van der Waals surface area contributed by atoms with E-state index in [1.807, 2.05) is 0 Å². The van der Waals surface area contributed by atoms with Crippen molar-refractivity contribution in [3.63, 3.8) is 0 Å². The molecule has 0 saturated carbocycles. The molecule has 0 aliphatic carbocycles. The molecular weight excluding hydrogens is 281 g/mol. The van der Waals surface area contributed by atoms with Gasteiger partial charge in [0, 0.05) is 15.0 Å². The number of methoxy groups -OCH3 is 1. The maximum Gasteiger partial charge on any atom is 0.306 e. The van der Waals surface area contributed by atoms with E-state index in [0.29, 0.717) is 15.6 Å². The summed E-state index contributed by atoms with van der Waals surface area (Å²) in [5.41, 5.74) is 0.517. The van der Waals surface area contributed by atoms with Gasteiger partial charge >= 0.3 is 5.97 Å². The Labute approximate surface area is 114 Å². The van der Waals surface area contributed by atoms with Crippen molar-refractivity contribution in [1.29, 1.82) is 0 Å². The smallest absolute Gasteiger partial charge is 0.306 e. The van der Waals surface area contributed by atoms with Crippen molar-refractivity contribution in [3.05, 3.63) is 43.9 Å². The lowest BCUT2D eigenvalue weighted by Crippen LogP contribution is -2.17. The van der Waals surface area contributed by atoms with E-state index in [-0.39, 0.29) is 6.42 Å². The van der Waals surface area contributed by atoms with Crippen LogP contribution in [-0.2, 0) is 9.53 Å². The van der Waals surface area contributed by atoms with E-state index in [1.165, 1.54) is 13.2 Å². The molecule has 1 aromatic carbocycles. The van der Waals surface area contributed by atoms with Gasteiger partial charge in [0.05, 0.1) is 19.4 Å². The van der Waals surface area contributed by atoms with Gasteiger partial charge in [-0.2, -0.15) is 0 Å². The van der Waals surface area contributed by atoms with Gasteiger partial charge in [-0.25, -0.2) is 0 Å². The number of ether oxygens (including phenoxy) is 1. The number of nitro groups is 1. The largest absolute Gasteiger partial charge is 0.469 e. The highest BCUT2D eigenvalue weighted by Crippen LogP contribution is 2.30. The second kappa shape index (κ2) is 6.56. The van der Waals surface area contributed by atoms with Crippen LogP contribution in [0.25, 0.3) is 0 Å². The van der Waals surface area contributed by atoms with Crippen molar-refractivity contribution in [2.75, 3.05) is 13.7 Å². The molecule has 1 unspecified atom stereocenters. The molecule has 0 spiro atoms. The van der Waals surface area contributed by atoms with E-state index in [2.05, 4.69) is 4.74 Å². The number of esters is 1. The molecular formula is C11H11Cl2NO4. The normalized spacial score (nSPS) is 11.9. The molecule has 0 radical (unpaired) electrons. The third-order valence-corrected chi connectivity index (χ3v) is 2.97. The number of rotatable bonds is 5. The predicted octanol–water partition coefficient (Wildman–Crippen LogP) is 2.92. The molecule has 5 nitrogen and oxygen atoms in total. The van der Waals surface area contributed by atoms with Crippen LogP contribution in [0.5, 0.6) is 0 Å². The zero-order valence-corrected chi connectivity index (χ0v) is 11.1. The standard InChI is InChI=1S/C11H11Cl2NO4/c1-18-11(15)4-7(6-14(16)17)9-3-2-8(12)5-10(9)13/h2-3,5,7H,4,6H2,1H3. The summed E-state index contributed by atoms with van der Waals surface area (Å²) < 4.78 is 4.52. The fourth-order valence-electron chi connectivity index (χ4n) is 1.57. The van der Waals surface area contributed by atoms with E-state index in [9.17, 15) is 14.9 Å². The lowest BCUT2D eigenvalue weighted by atomic mass is 9.96. The van der Waals surface area contributed by atoms with Crippen LogP contribution in [0, 0.1) is 10.1 Å². The summed E-state index contributed by atoms with van der Waals surface area (Å²) >= 11 is 11.7. The molecule has 0 N–H and O–H groups in total.